The molecule has 0 aromatic heterocycles. The maximum absolute atomic E-state index is 5.03. The Balaban J connectivity index is 2.01. The van der Waals surface area contributed by atoms with Gasteiger partial charge in [-0.3, -0.25) is 4.99 Å². The van der Waals surface area contributed by atoms with Crippen LogP contribution in [-0.4, -0.2) is 37.8 Å². The minimum atomic E-state index is 0.884. The van der Waals surface area contributed by atoms with Crippen LogP contribution in [0.5, 0.6) is 0 Å². The molecule has 2 aromatic rings. The van der Waals surface area contributed by atoms with Crippen LogP contribution in [0.4, 0.5) is 0 Å². The first-order valence-electron chi connectivity index (χ1n) is 8.53. The molecule has 0 unspecified atom stereocenters. The van der Waals surface area contributed by atoms with Crippen molar-refractivity contribution in [1.82, 2.24) is 4.90 Å². The van der Waals surface area contributed by atoms with E-state index in [0.717, 1.165) is 32.4 Å². The summed E-state index contributed by atoms with van der Waals surface area (Å²) in [5, 5.41) is 0. The monoisotopic (exact) mass is 306 g/mol. The Morgan fingerprint density at radius 3 is 2.57 bits per heavy atom. The molecule has 0 aliphatic heterocycles. The second-order valence-electron chi connectivity index (χ2n) is 6.65. The van der Waals surface area contributed by atoms with Crippen molar-refractivity contribution in [3.05, 3.63) is 70.3 Å². The topological polar surface area (TPSA) is 15.6 Å². The van der Waals surface area contributed by atoms with Crippen LogP contribution in [-0.2, 0) is 12.8 Å². The van der Waals surface area contributed by atoms with Crippen LogP contribution in [0.3, 0.4) is 0 Å². The molecule has 120 valence electrons. The van der Waals surface area contributed by atoms with Gasteiger partial charge in [-0.1, -0.05) is 42.5 Å². The maximum Gasteiger partial charge on any atom is 0.0724 e. The lowest BCUT2D eigenvalue weighted by molar-refractivity contribution is 0.403. The summed E-state index contributed by atoms with van der Waals surface area (Å²) in [6.45, 7) is 4.19. The van der Waals surface area contributed by atoms with Gasteiger partial charge in [0.2, 0.25) is 0 Å². The van der Waals surface area contributed by atoms with E-state index in [1.807, 2.05) is 0 Å². The summed E-state index contributed by atoms with van der Waals surface area (Å²) in [7, 11) is 4.24. The Morgan fingerprint density at radius 1 is 0.957 bits per heavy atom. The van der Waals surface area contributed by atoms with Crippen LogP contribution in [0.1, 0.15) is 34.2 Å². The molecule has 0 N–H and O–H groups in total. The lowest BCUT2D eigenvalue weighted by atomic mass is 9.95. The van der Waals surface area contributed by atoms with E-state index in [1.165, 1.54) is 33.5 Å². The third-order valence-corrected chi connectivity index (χ3v) is 4.62. The molecule has 0 atom stereocenters. The second-order valence-corrected chi connectivity index (χ2v) is 6.65. The van der Waals surface area contributed by atoms with E-state index in [2.05, 4.69) is 68.4 Å². The van der Waals surface area contributed by atoms with Crippen LogP contribution < -0.4 is 0 Å². The molecule has 0 heterocycles. The second kappa shape index (κ2) is 7.10. The standard InChI is InChI=1S/C21H26N2/c1-16-8-6-11-20-18(16)13-12-17-9-4-5-10-19(17)21(20)22-14-7-15-23(2)3/h4-6,8-11H,7,12-15H2,1-3H3/b22-21-. The average molecular weight is 306 g/mol. The van der Waals surface area contributed by atoms with Crippen LogP contribution >= 0.6 is 0 Å². The van der Waals surface area contributed by atoms with Gasteiger partial charge in [-0.05, 0) is 63.5 Å². The zero-order valence-corrected chi connectivity index (χ0v) is 14.5. The Labute approximate surface area is 139 Å². The van der Waals surface area contributed by atoms with Crippen LogP contribution in [0.25, 0.3) is 0 Å². The maximum atomic E-state index is 5.03. The first-order chi connectivity index (χ1) is 11.2. The highest BCUT2D eigenvalue weighted by Gasteiger charge is 2.19. The van der Waals surface area contributed by atoms with Crippen molar-refractivity contribution in [1.29, 1.82) is 0 Å². The number of nitrogens with zero attached hydrogens (tertiary/aromatic N) is 2. The number of rotatable bonds is 4. The van der Waals surface area contributed by atoms with Crippen molar-refractivity contribution in [2.45, 2.75) is 26.2 Å². The molecule has 0 spiro atoms. The fourth-order valence-corrected chi connectivity index (χ4v) is 3.38. The molecule has 0 radical (unpaired) electrons. The van der Waals surface area contributed by atoms with Crippen LogP contribution in [0.2, 0.25) is 0 Å². The smallest absolute Gasteiger partial charge is 0.0724 e. The van der Waals surface area contributed by atoms with Gasteiger partial charge in [0.15, 0.2) is 0 Å². The fraction of sp³-hybridized carbons (Fsp3) is 0.381. The summed E-state index contributed by atoms with van der Waals surface area (Å²) in [6.07, 6.45) is 3.31. The zero-order chi connectivity index (χ0) is 16.2. The van der Waals surface area contributed by atoms with Crippen molar-refractivity contribution in [2.24, 2.45) is 4.99 Å². The molecular formula is C21H26N2. The van der Waals surface area contributed by atoms with Gasteiger partial charge in [0.25, 0.3) is 0 Å². The third-order valence-electron chi connectivity index (χ3n) is 4.62. The minimum Gasteiger partial charge on any atom is -0.309 e. The first-order valence-corrected chi connectivity index (χ1v) is 8.53. The minimum absolute atomic E-state index is 0.884. The summed E-state index contributed by atoms with van der Waals surface area (Å²) >= 11 is 0. The van der Waals surface area contributed by atoms with Gasteiger partial charge in [-0.2, -0.15) is 0 Å². The van der Waals surface area contributed by atoms with Crippen molar-refractivity contribution >= 4 is 5.71 Å². The molecule has 23 heavy (non-hydrogen) atoms. The Morgan fingerprint density at radius 2 is 1.74 bits per heavy atom. The fourth-order valence-electron chi connectivity index (χ4n) is 3.38. The number of fused-ring (bicyclic) bond motifs is 2. The quantitative estimate of drug-likeness (QED) is 0.783. The van der Waals surface area contributed by atoms with E-state index >= 15 is 0 Å². The van der Waals surface area contributed by atoms with E-state index in [9.17, 15) is 0 Å². The van der Waals surface area contributed by atoms with E-state index in [0.29, 0.717) is 0 Å². The van der Waals surface area contributed by atoms with Crippen molar-refractivity contribution in [3.63, 3.8) is 0 Å². The van der Waals surface area contributed by atoms with Crippen LogP contribution in [0, 0.1) is 6.92 Å². The highest BCUT2D eigenvalue weighted by molar-refractivity contribution is 6.15. The Kier molecular flexibility index (Phi) is 4.92. The molecular weight excluding hydrogens is 280 g/mol. The first kappa shape index (κ1) is 15.9. The zero-order valence-electron chi connectivity index (χ0n) is 14.5. The molecule has 0 saturated carbocycles. The molecule has 1 aliphatic rings. The number of benzene rings is 2. The highest BCUT2D eigenvalue weighted by atomic mass is 15.0. The molecule has 2 heteroatoms. The molecule has 0 fully saturated rings. The normalized spacial score (nSPS) is 15.4. The van der Waals surface area contributed by atoms with Gasteiger partial charge < -0.3 is 4.90 Å². The van der Waals surface area contributed by atoms with Gasteiger partial charge in [0.1, 0.15) is 0 Å². The molecule has 0 amide bonds. The average Bonchev–Trinajstić information content (AvgIpc) is 2.70. The van der Waals surface area contributed by atoms with Crippen molar-refractivity contribution in [3.8, 4) is 0 Å². The lowest BCUT2D eigenvalue weighted by Gasteiger charge is -2.13. The Bertz CT molecular complexity index is 714. The number of hydrogen-bond acceptors (Lipinski definition) is 2. The largest absolute Gasteiger partial charge is 0.309 e. The van der Waals surface area contributed by atoms with E-state index < -0.39 is 0 Å². The van der Waals surface area contributed by atoms with E-state index in [-0.39, 0.29) is 0 Å². The van der Waals surface area contributed by atoms with E-state index in [1.54, 1.807) is 0 Å². The van der Waals surface area contributed by atoms with Gasteiger partial charge in [-0.15, -0.1) is 0 Å². The van der Waals surface area contributed by atoms with Gasteiger partial charge in [-0.25, -0.2) is 0 Å². The van der Waals surface area contributed by atoms with Gasteiger partial charge in [0, 0.05) is 17.7 Å². The molecule has 0 saturated heterocycles. The summed E-state index contributed by atoms with van der Waals surface area (Å²) in [6, 6.07) is 15.4. The molecule has 2 nitrogen and oxygen atoms in total. The van der Waals surface area contributed by atoms with E-state index in [4.69, 9.17) is 4.99 Å². The summed E-state index contributed by atoms with van der Waals surface area (Å²) < 4.78 is 0. The summed E-state index contributed by atoms with van der Waals surface area (Å²) in [5.41, 5.74) is 8.12. The van der Waals surface area contributed by atoms with Crippen molar-refractivity contribution < 1.29 is 0 Å². The van der Waals surface area contributed by atoms with Crippen molar-refractivity contribution in [2.75, 3.05) is 27.2 Å². The predicted molar refractivity (Wildman–Crippen MR) is 98.7 cm³/mol. The number of aliphatic imine (C=N–C) groups is 1. The SMILES string of the molecule is Cc1cccc2c1CCc1ccccc1/C2=N/CCCN(C)C. The molecule has 0 bridgehead atoms. The van der Waals surface area contributed by atoms with Crippen LogP contribution in [0.15, 0.2) is 47.5 Å². The molecule has 2 aromatic carbocycles. The lowest BCUT2D eigenvalue weighted by Crippen LogP contribution is -2.14. The highest BCUT2D eigenvalue weighted by Crippen LogP contribution is 2.27. The molecule has 1 aliphatic carbocycles. The van der Waals surface area contributed by atoms with Gasteiger partial charge in [0.05, 0.1) is 5.71 Å². The molecule has 3 rings (SSSR count). The third kappa shape index (κ3) is 3.53. The summed E-state index contributed by atoms with van der Waals surface area (Å²) in [5.74, 6) is 0. The number of aryl methyl sites for hydroxylation is 2. The van der Waals surface area contributed by atoms with Gasteiger partial charge >= 0.3 is 0 Å². The predicted octanol–water partition coefficient (Wildman–Crippen LogP) is 3.88. The Hall–Kier alpha value is -1.93. The number of hydrogen-bond donors (Lipinski definition) is 0. The summed E-state index contributed by atoms with van der Waals surface area (Å²) in [4.78, 5) is 7.25.